The third-order valence-electron chi connectivity index (χ3n) is 3.84. The number of nitrogens with one attached hydrogen (secondary N) is 1. The lowest BCUT2D eigenvalue weighted by atomic mass is 10.0. The van der Waals surface area contributed by atoms with Crippen LogP contribution in [0.1, 0.15) is 50.9 Å². The predicted octanol–water partition coefficient (Wildman–Crippen LogP) is 4.18. The van der Waals surface area contributed by atoms with Crippen molar-refractivity contribution in [1.82, 2.24) is 4.90 Å². The van der Waals surface area contributed by atoms with E-state index in [2.05, 4.69) is 19.2 Å². The normalized spacial score (nSPS) is 10.5. The van der Waals surface area contributed by atoms with Crippen molar-refractivity contribution in [2.45, 2.75) is 40.5 Å². The Morgan fingerprint density at radius 3 is 2.10 bits per heavy atom. The number of carbonyl (C=O) groups excluding carboxylic acids is 2. The zero-order valence-corrected chi connectivity index (χ0v) is 13.5. The monoisotopic (exact) mass is 290 g/mol. The van der Waals surface area contributed by atoms with Gasteiger partial charge in [0.05, 0.1) is 0 Å². The first-order chi connectivity index (χ1) is 10.0. The van der Waals surface area contributed by atoms with E-state index >= 15 is 0 Å². The van der Waals surface area contributed by atoms with Crippen molar-refractivity contribution >= 4 is 17.5 Å². The minimum Gasteiger partial charge on any atom is -0.325 e. The Labute approximate surface area is 127 Å². The molecular weight excluding hydrogens is 264 g/mol. The summed E-state index contributed by atoms with van der Waals surface area (Å²) in [4.78, 5) is 25.3. The van der Waals surface area contributed by atoms with E-state index in [-0.39, 0.29) is 11.8 Å². The molecule has 4 nitrogen and oxygen atoms in total. The highest BCUT2D eigenvalue weighted by atomic mass is 16.2. The van der Waals surface area contributed by atoms with Crippen molar-refractivity contribution in [3.8, 4) is 0 Å². The number of urea groups is 1. The number of hydrogen-bond acceptors (Lipinski definition) is 2. The molecule has 4 heteroatoms. The first-order valence-corrected chi connectivity index (χ1v) is 7.68. The second-order valence-corrected chi connectivity index (χ2v) is 5.28. The van der Waals surface area contributed by atoms with Gasteiger partial charge in [-0.2, -0.15) is 0 Å². The van der Waals surface area contributed by atoms with E-state index in [4.69, 9.17) is 0 Å². The van der Waals surface area contributed by atoms with Crippen LogP contribution in [0.25, 0.3) is 0 Å². The van der Waals surface area contributed by atoms with Crippen LogP contribution in [0.5, 0.6) is 0 Å². The van der Waals surface area contributed by atoms with Crippen LogP contribution in [-0.4, -0.2) is 29.8 Å². The number of anilines is 1. The largest absolute Gasteiger partial charge is 0.325 e. The first-order valence-electron chi connectivity index (χ1n) is 7.68. The summed E-state index contributed by atoms with van der Waals surface area (Å²) < 4.78 is 0. The average Bonchev–Trinajstić information content (AvgIpc) is 2.49. The van der Waals surface area contributed by atoms with Gasteiger partial charge in [-0.15, -0.1) is 0 Å². The molecule has 0 saturated carbocycles. The Morgan fingerprint density at radius 1 is 1.10 bits per heavy atom. The van der Waals surface area contributed by atoms with Crippen LogP contribution >= 0.6 is 0 Å². The van der Waals surface area contributed by atoms with Gasteiger partial charge >= 0.3 is 6.03 Å². The molecule has 1 rings (SSSR count). The van der Waals surface area contributed by atoms with Gasteiger partial charge in [0.25, 0.3) is 0 Å². The summed E-state index contributed by atoms with van der Waals surface area (Å²) in [5.41, 5.74) is 1.37. The fourth-order valence-electron chi connectivity index (χ4n) is 2.20. The van der Waals surface area contributed by atoms with E-state index in [1.165, 1.54) is 6.92 Å². The van der Waals surface area contributed by atoms with Gasteiger partial charge < -0.3 is 10.2 Å². The number of benzene rings is 1. The third-order valence-corrected chi connectivity index (χ3v) is 3.84. The van der Waals surface area contributed by atoms with E-state index in [0.29, 0.717) is 23.7 Å². The Morgan fingerprint density at radius 2 is 1.67 bits per heavy atom. The summed E-state index contributed by atoms with van der Waals surface area (Å²) in [5, 5.41) is 2.89. The molecular formula is C17H26N2O2. The quantitative estimate of drug-likeness (QED) is 0.766. The molecule has 0 heterocycles. The minimum atomic E-state index is -0.0834. The lowest BCUT2D eigenvalue weighted by Gasteiger charge is -2.25. The van der Waals surface area contributed by atoms with Crippen LogP contribution in [0.3, 0.4) is 0 Å². The molecule has 0 bridgehead atoms. The highest BCUT2D eigenvalue weighted by Gasteiger charge is 2.15. The molecule has 0 aliphatic rings. The van der Waals surface area contributed by atoms with Gasteiger partial charge in [-0.3, -0.25) is 4.79 Å². The van der Waals surface area contributed by atoms with Crippen LogP contribution in [0, 0.1) is 5.92 Å². The maximum atomic E-state index is 12.3. The molecule has 21 heavy (non-hydrogen) atoms. The van der Waals surface area contributed by atoms with Crippen LogP contribution in [0.2, 0.25) is 0 Å². The summed E-state index contributed by atoms with van der Waals surface area (Å²) in [5.74, 6) is 0.563. The topological polar surface area (TPSA) is 49.4 Å². The standard InChI is InChI=1S/C17H26N2O2/c1-5-14(6-2)12-19(7-3)17(21)18-16-10-8-15(9-11-16)13(4)20/h8-11,14H,5-7,12H2,1-4H3,(H,18,21). The molecule has 0 saturated heterocycles. The minimum absolute atomic E-state index is 0.0248. The van der Waals surface area contributed by atoms with Gasteiger partial charge in [-0.25, -0.2) is 4.79 Å². The van der Waals surface area contributed by atoms with E-state index in [1.807, 2.05) is 11.8 Å². The Hall–Kier alpha value is -1.84. The highest BCUT2D eigenvalue weighted by Crippen LogP contribution is 2.13. The summed E-state index contributed by atoms with van der Waals surface area (Å²) >= 11 is 0. The number of Topliss-reactive ketones (excluding diaryl/α,β-unsaturated/α-hetero) is 1. The number of amides is 2. The Balaban J connectivity index is 2.67. The van der Waals surface area contributed by atoms with Crippen molar-refractivity contribution in [2.75, 3.05) is 18.4 Å². The fourth-order valence-corrected chi connectivity index (χ4v) is 2.20. The third kappa shape index (κ3) is 5.21. The van der Waals surface area contributed by atoms with Crippen molar-refractivity contribution < 1.29 is 9.59 Å². The molecule has 2 amide bonds. The highest BCUT2D eigenvalue weighted by molar-refractivity contribution is 5.95. The van der Waals surface area contributed by atoms with Gasteiger partial charge in [0.15, 0.2) is 5.78 Å². The van der Waals surface area contributed by atoms with E-state index in [0.717, 1.165) is 19.4 Å². The number of rotatable bonds is 7. The average molecular weight is 290 g/mol. The SMILES string of the molecule is CCC(CC)CN(CC)C(=O)Nc1ccc(C(C)=O)cc1. The molecule has 0 radical (unpaired) electrons. The molecule has 0 aromatic heterocycles. The Bertz CT molecular complexity index is 464. The van der Waals surface area contributed by atoms with Crippen molar-refractivity contribution in [3.05, 3.63) is 29.8 Å². The predicted molar refractivity (Wildman–Crippen MR) is 86.8 cm³/mol. The summed E-state index contributed by atoms with van der Waals surface area (Å²) in [6, 6.07) is 6.91. The second-order valence-electron chi connectivity index (χ2n) is 5.28. The summed E-state index contributed by atoms with van der Waals surface area (Å²) in [6.45, 7) is 9.29. The number of nitrogens with zero attached hydrogens (tertiary/aromatic N) is 1. The maximum Gasteiger partial charge on any atom is 0.321 e. The number of carbonyl (C=O) groups is 2. The van der Waals surface area contributed by atoms with Gasteiger partial charge in [-0.1, -0.05) is 26.7 Å². The molecule has 0 fully saturated rings. The second kappa shape index (κ2) is 8.45. The van der Waals surface area contributed by atoms with E-state index < -0.39 is 0 Å². The zero-order valence-electron chi connectivity index (χ0n) is 13.5. The lowest BCUT2D eigenvalue weighted by molar-refractivity contribution is 0.101. The van der Waals surface area contributed by atoms with Crippen molar-refractivity contribution in [3.63, 3.8) is 0 Å². The van der Waals surface area contributed by atoms with Gasteiger partial charge in [0.1, 0.15) is 0 Å². The van der Waals surface area contributed by atoms with Crippen LogP contribution in [0.4, 0.5) is 10.5 Å². The Kier molecular flexibility index (Phi) is 6.92. The molecule has 0 spiro atoms. The van der Waals surface area contributed by atoms with Crippen LogP contribution < -0.4 is 5.32 Å². The maximum absolute atomic E-state index is 12.3. The van der Waals surface area contributed by atoms with Crippen LogP contribution in [0.15, 0.2) is 24.3 Å². The number of ketones is 1. The van der Waals surface area contributed by atoms with Crippen LogP contribution in [-0.2, 0) is 0 Å². The molecule has 0 aliphatic heterocycles. The summed E-state index contributed by atoms with van der Waals surface area (Å²) in [7, 11) is 0. The fraction of sp³-hybridized carbons (Fsp3) is 0.529. The molecule has 1 aromatic rings. The van der Waals surface area contributed by atoms with E-state index in [9.17, 15) is 9.59 Å². The first kappa shape index (κ1) is 17.2. The van der Waals surface area contributed by atoms with Gasteiger partial charge in [-0.05, 0) is 44.0 Å². The molecule has 1 aromatic carbocycles. The lowest BCUT2D eigenvalue weighted by Crippen LogP contribution is -2.38. The molecule has 0 atom stereocenters. The smallest absolute Gasteiger partial charge is 0.321 e. The molecule has 1 N–H and O–H groups in total. The van der Waals surface area contributed by atoms with Crippen molar-refractivity contribution in [1.29, 1.82) is 0 Å². The number of hydrogen-bond donors (Lipinski definition) is 1. The summed E-state index contributed by atoms with van der Waals surface area (Å²) in [6.07, 6.45) is 2.15. The zero-order chi connectivity index (χ0) is 15.8. The van der Waals surface area contributed by atoms with Crippen molar-refractivity contribution in [2.24, 2.45) is 5.92 Å². The molecule has 0 unspecified atom stereocenters. The molecule has 116 valence electrons. The van der Waals surface area contributed by atoms with Gasteiger partial charge in [0, 0.05) is 24.3 Å². The van der Waals surface area contributed by atoms with E-state index in [1.54, 1.807) is 24.3 Å². The molecule has 0 aliphatic carbocycles. The van der Waals surface area contributed by atoms with Gasteiger partial charge in [0.2, 0.25) is 0 Å².